The molecule has 1 saturated heterocycles. The van der Waals surface area contributed by atoms with Crippen LogP contribution in [-0.2, 0) is 5.60 Å². The van der Waals surface area contributed by atoms with E-state index in [2.05, 4.69) is 10.1 Å². The average Bonchev–Trinajstić information content (AvgIpc) is 2.90. The van der Waals surface area contributed by atoms with Gasteiger partial charge in [-0.2, -0.15) is 0 Å². The SMILES string of the molecule is Cl.ON=C(CCCCN1CCC(C(O)(c2ccccc2)c2ccccc2)CC1)c1ccccc1. The summed E-state index contributed by atoms with van der Waals surface area (Å²) in [5.74, 6) is 0.185. The van der Waals surface area contributed by atoms with Crippen molar-refractivity contribution in [1.29, 1.82) is 0 Å². The van der Waals surface area contributed by atoms with Gasteiger partial charge in [-0.1, -0.05) is 96.2 Å². The van der Waals surface area contributed by atoms with Crippen molar-refractivity contribution in [3.05, 3.63) is 108 Å². The number of unbranched alkanes of at least 4 members (excludes halogenated alkanes) is 1. The van der Waals surface area contributed by atoms with E-state index in [1.54, 1.807) is 0 Å². The van der Waals surface area contributed by atoms with Crippen LogP contribution in [0.15, 0.2) is 96.2 Å². The monoisotopic (exact) mass is 478 g/mol. The molecular weight excluding hydrogens is 444 g/mol. The number of benzene rings is 3. The van der Waals surface area contributed by atoms with Gasteiger partial charge in [0.2, 0.25) is 0 Å². The van der Waals surface area contributed by atoms with Crippen LogP contribution in [0.2, 0.25) is 0 Å². The molecule has 2 N–H and O–H groups in total. The van der Waals surface area contributed by atoms with Gasteiger partial charge in [-0.3, -0.25) is 0 Å². The number of nitrogens with zero attached hydrogens (tertiary/aromatic N) is 2. The van der Waals surface area contributed by atoms with Crippen molar-refractivity contribution >= 4 is 18.1 Å². The molecule has 5 heteroatoms. The van der Waals surface area contributed by atoms with Crippen molar-refractivity contribution in [2.24, 2.45) is 11.1 Å². The molecule has 0 aromatic heterocycles. The average molecular weight is 479 g/mol. The third-order valence-corrected chi connectivity index (χ3v) is 6.97. The predicted molar refractivity (Wildman–Crippen MR) is 141 cm³/mol. The summed E-state index contributed by atoms with van der Waals surface area (Å²) in [7, 11) is 0. The van der Waals surface area contributed by atoms with Crippen molar-refractivity contribution < 1.29 is 10.3 Å². The maximum absolute atomic E-state index is 12.0. The highest BCUT2D eigenvalue weighted by Crippen LogP contribution is 2.41. The predicted octanol–water partition coefficient (Wildman–Crippen LogP) is 6.11. The molecule has 0 amide bonds. The van der Waals surface area contributed by atoms with E-state index >= 15 is 0 Å². The van der Waals surface area contributed by atoms with Gasteiger partial charge in [0.05, 0.1) is 5.71 Å². The van der Waals surface area contributed by atoms with Crippen molar-refractivity contribution in [3.63, 3.8) is 0 Å². The molecule has 1 fully saturated rings. The highest BCUT2D eigenvalue weighted by molar-refractivity contribution is 6.00. The van der Waals surface area contributed by atoms with E-state index in [0.29, 0.717) is 0 Å². The Kier molecular flexibility index (Phi) is 9.70. The largest absolute Gasteiger partial charge is 0.411 e. The Bertz CT molecular complexity index is 965. The maximum atomic E-state index is 12.0. The molecule has 0 aliphatic carbocycles. The molecular formula is C29H35ClN2O2. The second-order valence-electron chi connectivity index (χ2n) is 8.98. The fraction of sp³-hybridized carbons (Fsp3) is 0.345. The Morgan fingerprint density at radius 3 is 1.79 bits per heavy atom. The molecule has 1 heterocycles. The van der Waals surface area contributed by atoms with Crippen LogP contribution in [0.1, 0.15) is 48.8 Å². The second kappa shape index (κ2) is 12.7. The molecule has 4 rings (SSSR count). The molecule has 0 saturated carbocycles. The van der Waals surface area contributed by atoms with Gasteiger partial charge in [0.15, 0.2) is 0 Å². The fourth-order valence-electron chi connectivity index (χ4n) is 5.11. The molecule has 0 atom stereocenters. The van der Waals surface area contributed by atoms with Crippen LogP contribution in [0.4, 0.5) is 0 Å². The van der Waals surface area contributed by atoms with Gasteiger partial charge in [-0.15, -0.1) is 12.4 Å². The lowest BCUT2D eigenvalue weighted by atomic mass is 9.72. The molecule has 180 valence electrons. The summed E-state index contributed by atoms with van der Waals surface area (Å²) in [6.07, 6.45) is 4.77. The molecule has 0 spiro atoms. The van der Waals surface area contributed by atoms with Crippen LogP contribution in [-0.4, -0.2) is 40.6 Å². The van der Waals surface area contributed by atoms with Gasteiger partial charge in [0, 0.05) is 0 Å². The first-order valence-electron chi connectivity index (χ1n) is 12.0. The second-order valence-corrected chi connectivity index (χ2v) is 8.98. The zero-order valence-corrected chi connectivity index (χ0v) is 20.4. The number of hydrogen-bond donors (Lipinski definition) is 2. The molecule has 3 aromatic rings. The highest BCUT2D eigenvalue weighted by atomic mass is 35.5. The van der Waals surface area contributed by atoms with Crippen molar-refractivity contribution in [3.8, 4) is 0 Å². The van der Waals surface area contributed by atoms with E-state index in [-0.39, 0.29) is 18.3 Å². The minimum absolute atomic E-state index is 0. The third kappa shape index (κ3) is 6.06. The van der Waals surface area contributed by atoms with E-state index < -0.39 is 5.60 Å². The molecule has 0 radical (unpaired) electrons. The molecule has 0 unspecified atom stereocenters. The fourth-order valence-corrected chi connectivity index (χ4v) is 5.11. The van der Waals surface area contributed by atoms with Gasteiger partial charge < -0.3 is 15.2 Å². The number of likely N-dealkylation sites (tertiary alicyclic amines) is 1. The first-order valence-corrected chi connectivity index (χ1v) is 12.0. The zero-order valence-electron chi connectivity index (χ0n) is 19.6. The molecule has 34 heavy (non-hydrogen) atoms. The lowest BCUT2D eigenvalue weighted by Gasteiger charge is -2.42. The molecule has 4 nitrogen and oxygen atoms in total. The van der Waals surface area contributed by atoms with Crippen molar-refractivity contribution in [1.82, 2.24) is 4.90 Å². The summed E-state index contributed by atoms with van der Waals surface area (Å²) in [5.41, 5.74) is 2.74. The smallest absolute Gasteiger partial charge is 0.117 e. The Labute approximate surface area is 209 Å². The lowest BCUT2D eigenvalue weighted by Crippen LogP contribution is -2.44. The Hall–Kier alpha value is -2.66. The van der Waals surface area contributed by atoms with E-state index in [4.69, 9.17) is 0 Å². The van der Waals surface area contributed by atoms with Gasteiger partial charge in [0.1, 0.15) is 5.60 Å². The lowest BCUT2D eigenvalue weighted by molar-refractivity contribution is -0.0143. The number of halogens is 1. The minimum Gasteiger partial charge on any atom is -0.411 e. The number of aliphatic hydroxyl groups is 1. The molecule has 0 bridgehead atoms. The Morgan fingerprint density at radius 2 is 1.29 bits per heavy atom. The first kappa shape index (κ1) is 26.0. The van der Waals surface area contributed by atoms with Crippen molar-refractivity contribution in [2.75, 3.05) is 19.6 Å². The summed E-state index contributed by atoms with van der Waals surface area (Å²) in [4.78, 5) is 2.51. The summed E-state index contributed by atoms with van der Waals surface area (Å²) < 4.78 is 0. The maximum Gasteiger partial charge on any atom is 0.117 e. The topological polar surface area (TPSA) is 56.1 Å². The number of rotatable bonds is 9. The van der Waals surface area contributed by atoms with Crippen LogP contribution < -0.4 is 0 Å². The van der Waals surface area contributed by atoms with Crippen LogP contribution in [0, 0.1) is 5.92 Å². The summed E-state index contributed by atoms with van der Waals surface area (Å²) in [5, 5.41) is 24.9. The summed E-state index contributed by atoms with van der Waals surface area (Å²) in [6, 6.07) is 30.1. The van der Waals surface area contributed by atoms with E-state index in [1.165, 1.54) is 0 Å². The van der Waals surface area contributed by atoms with Crippen LogP contribution in [0.5, 0.6) is 0 Å². The zero-order chi connectivity index (χ0) is 22.9. The standard InChI is InChI=1S/C29H34N2O2.ClH/c32-29(25-14-6-2-7-15-25,26-16-8-3-9-17-26)27-19-22-31(23-20-27)21-11-10-18-28(30-33)24-12-4-1-5-13-24;/h1-9,12-17,27,32-33H,10-11,18-23H2;1H. The Morgan fingerprint density at radius 1 is 0.794 bits per heavy atom. The van der Waals surface area contributed by atoms with Crippen LogP contribution in [0.25, 0.3) is 0 Å². The minimum atomic E-state index is -0.962. The van der Waals surface area contributed by atoms with Gasteiger partial charge in [-0.25, -0.2) is 0 Å². The molecule has 1 aliphatic rings. The van der Waals surface area contributed by atoms with E-state index in [1.807, 2.05) is 91.0 Å². The molecule has 1 aliphatic heterocycles. The number of oxime groups is 1. The quantitative estimate of drug-likeness (QED) is 0.169. The Balaban J connectivity index is 0.00000324. The summed E-state index contributed by atoms with van der Waals surface area (Å²) in [6.45, 7) is 3.02. The van der Waals surface area contributed by atoms with E-state index in [9.17, 15) is 10.3 Å². The van der Waals surface area contributed by atoms with Gasteiger partial charge >= 0.3 is 0 Å². The van der Waals surface area contributed by atoms with E-state index in [0.717, 1.165) is 74.1 Å². The number of piperidine rings is 1. The normalized spacial score (nSPS) is 15.6. The van der Waals surface area contributed by atoms with Gasteiger partial charge in [-0.05, 0) is 74.3 Å². The highest BCUT2D eigenvalue weighted by Gasteiger charge is 2.41. The first-order chi connectivity index (χ1) is 16.2. The van der Waals surface area contributed by atoms with Gasteiger partial charge in [0.25, 0.3) is 0 Å². The van der Waals surface area contributed by atoms with Crippen LogP contribution in [0.3, 0.4) is 0 Å². The van der Waals surface area contributed by atoms with Crippen LogP contribution >= 0.6 is 12.4 Å². The number of hydrogen-bond acceptors (Lipinski definition) is 4. The third-order valence-electron chi connectivity index (χ3n) is 6.97. The van der Waals surface area contributed by atoms with Crippen molar-refractivity contribution in [2.45, 2.75) is 37.7 Å². The summed E-state index contributed by atoms with van der Waals surface area (Å²) >= 11 is 0. The molecule has 3 aromatic carbocycles.